The summed E-state index contributed by atoms with van der Waals surface area (Å²) in [5.41, 5.74) is 6.89. The van der Waals surface area contributed by atoms with Crippen LogP contribution in [0.1, 0.15) is 49.9 Å². The van der Waals surface area contributed by atoms with Gasteiger partial charge in [0.2, 0.25) is 0 Å². The van der Waals surface area contributed by atoms with Crippen molar-refractivity contribution in [1.29, 1.82) is 0 Å². The number of rotatable bonds is 5. The summed E-state index contributed by atoms with van der Waals surface area (Å²) in [6.07, 6.45) is 9.12. The Bertz CT molecular complexity index is 979. The second kappa shape index (κ2) is 7.90. The molecular weight excluding hydrogens is 354 g/mol. The van der Waals surface area contributed by atoms with Crippen LogP contribution in [0.15, 0.2) is 73.2 Å². The van der Waals surface area contributed by atoms with E-state index >= 15 is 0 Å². The molecule has 0 spiro atoms. The minimum Gasteiger partial charge on any atom is -0.372 e. The zero-order valence-electron chi connectivity index (χ0n) is 17.2. The van der Waals surface area contributed by atoms with E-state index in [9.17, 15) is 0 Å². The van der Waals surface area contributed by atoms with E-state index in [1.165, 1.54) is 66.9 Å². The molecule has 1 unspecified atom stereocenters. The Kier molecular flexibility index (Phi) is 4.97. The molecule has 3 heteroatoms. The van der Waals surface area contributed by atoms with E-state index in [-0.39, 0.29) is 0 Å². The van der Waals surface area contributed by atoms with Crippen molar-refractivity contribution in [3.05, 3.63) is 84.4 Å². The summed E-state index contributed by atoms with van der Waals surface area (Å²) in [6, 6.07) is 22.2. The first kappa shape index (κ1) is 18.2. The van der Waals surface area contributed by atoms with E-state index in [0.717, 1.165) is 5.92 Å². The van der Waals surface area contributed by atoms with E-state index in [0.29, 0.717) is 6.04 Å². The van der Waals surface area contributed by atoms with Crippen LogP contribution in [0.25, 0.3) is 11.1 Å². The maximum atomic E-state index is 4.43. The molecule has 5 rings (SSSR count). The van der Waals surface area contributed by atoms with Crippen molar-refractivity contribution >= 4 is 16.8 Å². The third kappa shape index (κ3) is 3.50. The van der Waals surface area contributed by atoms with E-state index < -0.39 is 0 Å². The smallest absolute Gasteiger partial charge is 0.0956 e. The molecule has 2 aliphatic rings. The first-order valence-corrected chi connectivity index (χ1v) is 10.9. The maximum absolute atomic E-state index is 4.43. The number of fused-ring (bicyclic) bond motifs is 1. The van der Waals surface area contributed by atoms with Gasteiger partial charge >= 0.3 is 0 Å². The van der Waals surface area contributed by atoms with Gasteiger partial charge in [0.15, 0.2) is 0 Å². The lowest BCUT2D eigenvalue weighted by atomic mass is 9.87. The summed E-state index contributed by atoms with van der Waals surface area (Å²) in [6.45, 7) is 4.61. The SMILES string of the molecule is CC1=C(c2ccccc2)C(CCC2CCN(c3ccccc3)CC2)n2cncc21. The first-order chi connectivity index (χ1) is 14.3. The number of benzene rings is 2. The Labute approximate surface area is 173 Å². The normalized spacial score (nSPS) is 19.6. The van der Waals surface area contributed by atoms with Gasteiger partial charge in [-0.05, 0) is 67.4 Å². The number of hydrogen-bond donors (Lipinski definition) is 0. The fourth-order valence-electron chi connectivity index (χ4n) is 5.19. The van der Waals surface area contributed by atoms with E-state index in [4.69, 9.17) is 0 Å². The van der Waals surface area contributed by atoms with Crippen molar-refractivity contribution in [2.75, 3.05) is 18.0 Å². The van der Waals surface area contributed by atoms with Crippen molar-refractivity contribution in [1.82, 2.24) is 9.55 Å². The molecule has 1 aromatic heterocycles. The summed E-state index contributed by atoms with van der Waals surface area (Å²) in [5, 5.41) is 0. The Morgan fingerprint density at radius 3 is 2.31 bits per heavy atom. The highest BCUT2D eigenvalue weighted by atomic mass is 15.1. The number of imidazole rings is 1. The van der Waals surface area contributed by atoms with Gasteiger partial charge < -0.3 is 9.47 Å². The average Bonchev–Trinajstić information content (AvgIpc) is 3.36. The van der Waals surface area contributed by atoms with Crippen LogP contribution in [0.2, 0.25) is 0 Å². The zero-order valence-corrected chi connectivity index (χ0v) is 17.2. The standard InChI is InChI=1S/C26H29N3/c1-20-25-18-27-19-29(25)24(26(20)22-8-4-2-5-9-22)13-12-21-14-16-28(17-15-21)23-10-6-3-7-11-23/h2-11,18-19,21,24H,12-17H2,1H3. The van der Waals surface area contributed by atoms with Crippen molar-refractivity contribution < 1.29 is 0 Å². The molecule has 29 heavy (non-hydrogen) atoms. The first-order valence-electron chi connectivity index (χ1n) is 10.9. The predicted molar refractivity (Wildman–Crippen MR) is 121 cm³/mol. The highest BCUT2D eigenvalue weighted by Gasteiger charge is 2.30. The number of aromatic nitrogens is 2. The van der Waals surface area contributed by atoms with Gasteiger partial charge in [0.1, 0.15) is 0 Å². The van der Waals surface area contributed by atoms with Crippen molar-refractivity contribution in [3.63, 3.8) is 0 Å². The van der Waals surface area contributed by atoms with Crippen LogP contribution in [-0.2, 0) is 0 Å². The molecule has 0 radical (unpaired) electrons. The molecule has 0 amide bonds. The number of allylic oxidation sites excluding steroid dienone is 2. The van der Waals surface area contributed by atoms with Gasteiger partial charge in [-0.1, -0.05) is 48.5 Å². The molecular formula is C26H29N3. The highest BCUT2D eigenvalue weighted by Crippen LogP contribution is 2.45. The molecule has 3 heterocycles. The van der Waals surface area contributed by atoms with Gasteiger partial charge in [0.25, 0.3) is 0 Å². The summed E-state index contributed by atoms with van der Waals surface area (Å²) in [7, 11) is 0. The Balaban J connectivity index is 1.27. The van der Waals surface area contributed by atoms with Crippen LogP contribution in [0.4, 0.5) is 5.69 Å². The topological polar surface area (TPSA) is 21.1 Å². The van der Waals surface area contributed by atoms with E-state index in [1.54, 1.807) is 0 Å². The number of anilines is 1. The summed E-state index contributed by atoms with van der Waals surface area (Å²) in [5.74, 6) is 0.819. The fourth-order valence-corrected chi connectivity index (χ4v) is 5.19. The molecule has 0 N–H and O–H groups in total. The quantitative estimate of drug-likeness (QED) is 0.533. The molecule has 1 atom stereocenters. The van der Waals surface area contributed by atoms with Gasteiger partial charge in [-0.15, -0.1) is 0 Å². The Morgan fingerprint density at radius 1 is 0.897 bits per heavy atom. The average molecular weight is 384 g/mol. The summed E-state index contributed by atoms with van der Waals surface area (Å²) in [4.78, 5) is 6.97. The van der Waals surface area contributed by atoms with Gasteiger partial charge in [0, 0.05) is 18.8 Å². The van der Waals surface area contributed by atoms with Gasteiger partial charge in [-0.2, -0.15) is 0 Å². The Hall–Kier alpha value is -2.81. The lowest BCUT2D eigenvalue weighted by Gasteiger charge is -2.34. The van der Waals surface area contributed by atoms with Crippen LogP contribution < -0.4 is 4.90 Å². The largest absolute Gasteiger partial charge is 0.372 e. The molecule has 0 aliphatic carbocycles. The molecule has 148 valence electrons. The second-order valence-corrected chi connectivity index (χ2v) is 8.45. The maximum Gasteiger partial charge on any atom is 0.0956 e. The summed E-state index contributed by atoms with van der Waals surface area (Å²) < 4.78 is 2.40. The molecule has 3 aromatic rings. The number of hydrogen-bond acceptors (Lipinski definition) is 2. The second-order valence-electron chi connectivity index (χ2n) is 8.45. The monoisotopic (exact) mass is 383 g/mol. The Morgan fingerprint density at radius 2 is 1.59 bits per heavy atom. The van der Waals surface area contributed by atoms with Crippen LogP contribution in [0.3, 0.4) is 0 Å². The molecule has 1 fully saturated rings. The number of para-hydroxylation sites is 1. The number of nitrogens with zero attached hydrogens (tertiary/aromatic N) is 3. The minimum atomic E-state index is 0.419. The minimum absolute atomic E-state index is 0.419. The van der Waals surface area contributed by atoms with Crippen molar-refractivity contribution in [2.45, 2.75) is 38.6 Å². The third-order valence-electron chi connectivity index (χ3n) is 6.79. The van der Waals surface area contributed by atoms with Gasteiger partial charge in [-0.3, -0.25) is 0 Å². The van der Waals surface area contributed by atoms with E-state index in [2.05, 4.69) is 82.0 Å². The summed E-state index contributed by atoms with van der Waals surface area (Å²) >= 11 is 0. The van der Waals surface area contributed by atoms with E-state index in [1.807, 2.05) is 12.5 Å². The van der Waals surface area contributed by atoms with Crippen LogP contribution in [0.5, 0.6) is 0 Å². The molecule has 2 aliphatic heterocycles. The molecule has 1 saturated heterocycles. The molecule has 3 nitrogen and oxygen atoms in total. The highest BCUT2D eigenvalue weighted by molar-refractivity contribution is 5.93. The van der Waals surface area contributed by atoms with Gasteiger partial charge in [-0.25, -0.2) is 4.98 Å². The van der Waals surface area contributed by atoms with Gasteiger partial charge in [0.05, 0.1) is 24.3 Å². The van der Waals surface area contributed by atoms with Crippen molar-refractivity contribution in [2.24, 2.45) is 5.92 Å². The lowest BCUT2D eigenvalue weighted by molar-refractivity contribution is 0.356. The molecule has 2 aromatic carbocycles. The predicted octanol–water partition coefficient (Wildman–Crippen LogP) is 6.07. The third-order valence-corrected chi connectivity index (χ3v) is 6.79. The molecule has 0 bridgehead atoms. The zero-order chi connectivity index (χ0) is 19.6. The van der Waals surface area contributed by atoms with Crippen LogP contribution in [0, 0.1) is 5.92 Å². The van der Waals surface area contributed by atoms with Crippen LogP contribution >= 0.6 is 0 Å². The fraction of sp³-hybridized carbons (Fsp3) is 0.346. The molecule has 0 saturated carbocycles. The lowest BCUT2D eigenvalue weighted by Crippen LogP contribution is -2.33. The van der Waals surface area contributed by atoms with Crippen molar-refractivity contribution in [3.8, 4) is 0 Å². The number of piperidine rings is 1. The van der Waals surface area contributed by atoms with Crippen LogP contribution in [-0.4, -0.2) is 22.6 Å².